The monoisotopic (exact) mass is 574 g/mol. The van der Waals surface area contributed by atoms with Crippen LogP contribution in [0.1, 0.15) is 41.2 Å². The number of amides is 1. The summed E-state index contributed by atoms with van der Waals surface area (Å²) in [6, 6.07) is 12.3. The van der Waals surface area contributed by atoms with Crippen LogP contribution < -0.4 is 5.32 Å². The average Bonchev–Trinajstić information content (AvgIpc) is 3.56. The number of carbonyl (C=O) groups excluding carboxylic acids is 1. The van der Waals surface area contributed by atoms with E-state index in [2.05, 4.69) is 20.2 Å². The smallest absolute Gasteiger partial charge is 0.257 e. The first-order valence-electron chi connectivity index (χ1n) is 13.8. The van der Waals surface area contributed by atoms with Gasteiger partial charge < -0.3 is 10.2 Å². The molecule has 1 fully saturated rings. The number of nitrogens with zero attached hydrogens (tertiary/aromatic N) is 7. The molecular formula is C30H29F3N8O. The van der Waals surface area contributed by atoms with Crippen molar-refractivity contribution in [2.24, 2.45) is 7.05 Å². The molecule has 0 aliphatic carbocycles. The van der Waals surface area contributed by atoms with Gasteiger partial charge in [-0.25, -0.2) is 18.9 Å². The first-order valence-corrected chi connectivity index (χ1v) is 13.8. The summed E-state index contributed by atoms with van der Waals surface area (Å²) in [6.07, 6.45) is 5.12. The van der Waals surface area contributed by atoms with E-state index in [0.717, 1.165) is 55.4 Å². The maximum Gasteiger partial charge on any atom is 0.257 e. The van der Waals surface area contributed by atoms with Gasteiger partial charge in [0.2, 0.25) is 5.95 Å². The van der Waals surface area contributed by atoms with Crippen molar-refractivity contribution >= 4 is 17.4 Å². The van der Waals surface area contributed by atoms with Gasteiger partial charge in [-0.15, -0.1) is 0 Å². The number of alkyl halides is 1. The predicted octanol–water partition coefficient (Wildman–Crippen LogP) is 5.26. The minimum absolute atomic E-state index is 0.118. The van der Waals surface area contributed by atoms with Crippen molar-refractivity contribution in [1.29, 1.82) is 0 Å². The second kappa shape index (κ2) is 11.7. The number of nitrogens with one attached hydrogen (secondary N) is 1. The van der Waals surface area contributed by atoms with Gasteiger partial charge in [-0.2, -0.15) is 14.6 Å². The fraction of sp³-hybridized carbons (Fsp3) is 0.300. The number of fused-ring (bicyclic) bond motifs is 1. The first-order chi connectivity index (χ1) is 20.4. The summed E-state index contributed by atoms with van der Waals surface area (Å²) in [5.41, 5.74) is 4.60. The van der Waals surface area contributed by atoms with Crippen LogP contribution in [0.3, 0.4) is 0 Å². The molecule has 1 N–H and O–H groups in total. The second-order valence-corrected chi connectivity index (χ2v) is 10.4. The average molecular weight is 575 g/mol. The van der Waals surface area contributed by atoms with E-state index in [0.29, 0.717) is 23.5 Å². The highest BCUT2D eigenvalue weighted by molar-refractivity contribution is 6.03. The van der Waals surface area contributed by atoms with Gasteiger partial charge in [0.1, 0.15) is 11.5 Å². The quantitative estimate of drug-likeness (QED) is 0.254. The van der Waals surface area contributed by atoms with Crippen molar-refractivity contribution in [3.63, 3.8) is 0 Å². The number of aryl methyl sites for hydroxylation is 1. The minimum atomic E-state index is -0.751. The summed E-state index contributed by atoms with van der Waals surface area (Å²) >= 11 is 0. The van der Waals surface area contributed by atoms with Gasteiger partial charge >= 0.3 is 0 Å². The van der Waals surface area contributed by atoms with Gasteiger partial charge in [0.15, 0.2) is 11.5 Å². The molecular weight excluding hydrogens is 545 g/mol. The molecule has 0 radical (unpaired) electrons. The number of hydrogen-bond donors (Lipinski definition) is 1. The maximum atomic E-state index is 13.8. The highest BCUT2D eigenvalue weighted by Gasteiger charge is 2.29. The standard InChI is InChI=1S/C30H29F3N8O/c1-39-29(20-10-15-40(16-11-20)14-2-12-31)27(28(38-39)19-3-5-22(32)6-4-19)23-7-8-26-35-25(18-41(26)37-23)36-30(42)21-9-13-34-24(33)17-21/h3-9,13,17-18,20H,2,10-12,14-16H2,1H3,(H,36,42). The molecule has 0 atom stereocenters. The van der Waals surface area contributed by atoms with E-state index < -0.39 is 11.9 Å². The molecule has 1 saturated heterocycles. The number of benzene rings is 1. The van der Waals surface area contributed by atoms with Gasteiger partial charge in [0.05, 0.1) is 29.8 Å². The summed E-state index contributed by atoms with van der Waals surface area (Å²) in [6.45, 7) is 2.15. The highest BCUT2D eigenvalue weighted by atomic mass is 19.1. The molecule has 4 aromatic heterocycles. The van der Waals surface area contributed by atoms with Crippen LogP contribution in [0.25, 0.3) is 28.2 Å². The van der Waals surface area contributed by atoms with E-state index in [9.17, 15) is 18.0 Å². The van der Waals surface area contributed by atoms with Crippen LogP contribution in [-0.2, 0) is 7.05 Å². The number of carbonyl (C=O) groups is 1. The lowest BCUT2D eigenvalue weighted by molar-refractivity contribution is 0.102. The largest absolute Gasteiger partial charge is 0.305 e. The molecule has 9 nitrogen and oxygen atoms in total. The van der Waals surface area contributed by atoms with Crippen molar-refractivity contribution in [3.8, 4) is 22.5 Å². The van der Waals surface area contributed by atoms with E-state index in [4.69, 9.17) is 10.2 Å². The topological polar surface area (TPSA) is 93.2 Å². The Bertz CT molecular complexity index is 1720. The Morgan fingerprint density at radius 2 is 1.83 bits per heavy atom. The zero-order chi connectivity index (χ0) is 29.2. The SMILES string of the molecule is Cn1nc(-c2ccc(F)cc2)c(-c2ccc3nc(NC(=O)c4ccnc(F)c4)cn3n2)c1C1CCN(CCCF)CC1. The predicted molar refractivity (Wildman–Crippen MR) is 152 cm³/mol. The van der Waals surface area contributed by atoms with E-state index in [1.165, 1.54) is 24.4 Å². The van der Waals surface area contributed by atoms with E-state index in [-0.39, 0.29) is 29.8 Å². The summed E-state index contributed by atoms with van der Waals surface area (Å²) in [7, 11) is 1.91. The summed E-state index contributed by atoms with van der Waals surface area (Å²) < 4.78 is 43.5. The first kappa shape index (κ1) is 27.6. The summed E-state index contributed by atoms with van der Waals surface area (Å²) in [5.74, 6) is -1.15. The fourth-order valence-corrected chi connectivity index (χ4v) is 5.59. The van der Waals surface area contributed by atoms with E-state index in [1.54, 1.807) is 28.9 Å². The molecule has 1 amide bonds. The lowest BCUT2D eigenvalue weighted by atomic mass is 9.88. The third-order valence-electron chi connectivity index (χ3n) is 7.60. The van der Waals surface area contributed by atoms with Crippen LogP contribution in [0.5, 0.6) is 0 Å². The summed E-state index contributed by atoms with van der Waals surface area (Å²) in [5, 5.41) is 12.4. The molecule has 42 heavy (non-hydrogen) atoms. The molecule has 1 aliphatic rings. The molecule has 0 saturated carbocycles. The molecule has 1 aromatic carbocycles. The number of hydrogen-bond acceptors (Lipinski definition) is 6. The van der Waals surface area contributed by atoms with Crippen molar-refractivity contribution in [1.82, 2.24) is 34.3 Å². The van der Waals surface area contributed by atoms with Gasteiger partial charge in [-0.1, -0.05) is 0 Å². The number of imidazole rings is 1. The minimum Gasteiger partial charge on any atom is -0.305 e. The number of pyridine rings is 1. The van der Waals surface area contributed by atoms with E-state index >= 15 is 0 Å². The van der Waals surface area contributed by atoms with Crippen molar-refractivity contribution in [2.75, 3.05) is 31.6 Å². The van der Waals surface area contributed by atoms with Crippen LogP contribution in [-0.4, -0.2) is 66.5 Å². The Balaban J connectivity index is 1.36. The number of halogens is 3. The lowest BCUT2D eigenvalue weighted by Crippen LogP contribution is -2.34. The molecule has 12 heteroatoms. The van der Waals surface area contributed by atoms with Gasteiger partial charge in [-0.05, 0) is 74.8 Å². The Hall–Kier alpha value is -4.58. The van der Waals surface area contributed by atoms with Crippen LogP contribution in [0.4, 0.5) is 19.0 Å². The van der Waals surface area contributed by atoms with Crippen molar-refractivity contribution in [3.05, 3.63) is 83.9 Å². The Morgan fingerprint density at radius 3 is 2.57 bits per heavy atom. The summed E-state index contributed by atoms with van der Waals surface area (Å²) in [4.78, 5) is 22.8. The Labute approximate surface area is 240 Å². The van der Waals surface area contributed by atoms with Crippen LogP contribution in [0.15, 0.2) is 60.9 Å². The van der Waals surface area contributed by atoms with Gasteiger partial charge in [0.25, 0.3) is 5.91 Å². The molecule has 5 aromatic rings. The molecule has 0 spiro atoms. The lowest BCUT2D eigenvalue weighted by Gasteiger charge is -2.32. The number of piperidine rings is 1. The zero-order valence-corrected chi connectivity index (χ0v) is 23.0. The second-order valence-electron chi connectivity index (χ2n) is 10.4. The molecule has 0 bridgehead atoms. The van der Waals surface area contributed by atoms with Crippen LogP contribution in [0.2, 0.25) is 0 Å². The van der Waals surface area contributed by atoms with Crippen LogP contribution in [0, 0.1) is 11.8 Å². The number of aromatic nitrogens is 6. The third kappa shape index (κ3) is 5.62. The van der Waals surface area contributed by atoms with Gasteiger partial charge in [0, 0.05) is 42.9 Å². The number of likely N-dealkylation sites (tertiary alicyclic amines) is 1. The number of anilines is 1. The Kier molecular flexibility index (Phi) is 7.70. The van der Waals surface area contributed by atoms with Gasteiger partial charge in [-0.3, -0.25) is 13.9 Å². The normalized spacial score (nSPS) is 14.5. The molecule has 1 aliphatic heterocycles. The highest BCUT2D eigenvalue weighted by Crippen LogP contribution is 2.40. The molecule has 216 valence electrons. The van der Waals surface area contributed by atoms with E-state index in [1.807, 2.05) is 17.8 Å². The van der Waals surface area contributed by atoms with Crippen molar-refractivity contribution in [2.45, 2.75) is 25.2 Å². The van der Waals surface area contributed by atoms with Crippen LogP contribution >= 0.6 is 0 Å². The molecule has 6 rings (SSSR count). The third-order valence-corrected chi connectivity index (χ3v) is 7.60. The fourth-order valence-electron chi connectivity index (χ4n) is 5.59. The maximum absolute atomic E-state index is 13.8. The number of rotatable bonds is 8. The molecule has 5 heterocycles. The zero-order valence-electron chi connectivity index (χ0n) is 23.0. The molecule has 0 unspecified atom stereocenters. The van der Waals surface area contributed by atoms with Crippen molar-refractivity contribution < 1.29 is 18.0 Å². The Morgan fingerprint density at radius 1 is 1.05 bits per heavy atom.